The zero-order chi connectivity index (χ0) is 57.4. The maximum Gasteiger partial charge on any atom is 0.0540 e. The van der Waals surface area contributed by atoms with Gasteiger partial charge in [-0.2, -0.15) is 0 Å². The minimum atomic E-state index is -0.0695. The Balaban J connectivity index is 0.845. The summed E-state index contributed by atoms with van der Waals surface area (Å²) in [5, 5.41) is 0. The standard InChI is InChI=1S/C82H68N2/c1-53-47-65(83(77-33-21-17-27-67(77)59-23-11-9-12-24-59)63-41-35-57(36-42-63)61-39-45-71-69-29-15-19-31-73(69)81(5,6)75(71)51-61)48-54(2)79(53)80-55(3)49-66(50-56(80)4)84(78-34-22-18-28-68(78)60-25-13-10-14-26-60)64-43-37-58(38-44-64)62-40-46-72-70-30-16-20-32-74(70)82(7,8)76(72)52-62/h9-52H,1-8H3. The Labute approximate surface area is 496 Å². The van der Waals surface area contributed by atoms with Gasteiger partial charge in [-0.15, -0.1) is 0 Å². The molecule has 2 nitrogen and oxygen atoms in total. The first kappa shape index (κ1) is 52.3. The molecule has 0 N–H and O–H groups in total. The normalized spacial score (nSPS) is 13.2. The summed E-state index contributed by atoms with van der Waals surface area (Å²) < 4.78 is 0. The minimum Gasteiger partial charge on any atom is -0.310 e. The average Bonchev–Trinajstić information content (AvgIpc) is 2.47. The number of aryl methyl sites for hydroxylation is 4. The lowest BCUT2D eigenvalue weighted by atomic mass is 9.81. The van der Waals surface area contributed by atoms with Gasteiger partial charge in [0.25, 0.3) is 0 Å². The number of benzene rings is 12. The second-order valence-electron chi connectivity index (χ2n) is 24.3. The lowest BCUT2D eigenvalue weighted by Crippen LogP contribution is -2.14. The number of anilines is 6. The molecule has 0 aliphatic heterocycles. The maximum atomic E-state index is 2.46. The second kappa shape index (κ2) is 20.6. The second-order valence-corrected chi connectivity index (χ2v) is 24.3. The van der Waals surface area contributed by atoms with E-state index in [0.717, 1.165) is 34.1 Å². The molecule has 14 rings (SSSR count). The van der Waals surface area contributed by atoms with Crippen LogP contribution in [0.4, 0.5) is 34.1 Å². The molecule has 2 aliphatic carbocycles. The van der Waals surface area contributed by atoms with Gasteiger partial charge in [-0.3, -0.25) is 0 Å². The summed E-state index contributed by atoms with van der Waals surface area (Å²) in [6.07, 6.45) is 0. The highest BCUT2D eigenvalue weighted by Crippen LogP contribution is 2.53. The van der Waals surface area contributed by atoms with Crippen LogP contribution in [0.5, 0.6) is 0 Å². The summed E-state index contributed by atoms with van der Waals surface area (Å²) in [6, 6.07) is 99.1. The summed E-state index contributed by atoms with van der Waals surface area (Å²) in [5.41, 5.74) is 34.5. The molecule has 2 aliphatic rings. The predicted octanol–water partition coefficient (Wildman–Crippen LogP) is 22.8. The van der Waals surface area contributed by atoms with Crippen LogP contribution < -0.4 is 9.80 Å². The van der Waals surface area contributed by atoms with Gasteiger partial charge in [0.05, 0.1) is 11.4 Å². The van der Waals surface area contributed by atoms with Gasteiger partial charge in [0.1, 0.15) is 0 Å². The molecule has 0 aromatic heterocycles. The molecular formula is C82H68N2. The lowest BCUT2D eigenvalue weighted by molar-refractivity contribution is 0.660. The molecule has 12 aromatic carbocycles. The smallest absolute Gasteiger partial charge is 0.0540 e. The molecule has 2 heteroatoms. The van der Waals surface area contributed by atoms with Crippen LogP contribution in [-0.2, 0) is 10.8 Å². The minimum absolute atomic E-state index is 0.0695. The van der Waals surface area contributed by atoms with E-state index >= 15 is 0 Å². The number of fused-ring (bicyclic) bond motifs is 6. The van der Waals surface area contributed by atoms with E-state index in [1.165, 1.54) is 122 Å². The molecule has 0 unspecified atom stereocenters. The van der Waals surface area contributed by atoms with Gasteiger partial charge < -0.3 is 9.80 Å². The summed E-state index contributed by atoms with van der Waals surface area (Å²) >= 11 is 0. The van der Waals surface area contributed by atoms with Crippen LogP contribution in [-0.4, -0.2) is 0 Å². The molecule has 406 valence electrons. The van der Waals surface area contributed by atoms with E-state index in [4.69, 9.17) is 0 Å². The van der Waals surface area contributed by atoms with Gasteiger partial charge in [0, 0.05) is 44.7 Å². The third-order valence-electron chi connectivity index (χ3n) is 18.3. The third kappa shape index (κ3) is 8.79. The van der Waals surface area contributed by atoms with E-state index < -0.39 is 0 Å². The fourth-order valence-electron chi connectivity index (χ4n) is 14.2. The van der Waals surface area contributed by atoms with Gasteiger partial charge in [0.15, 0.2) is 0 Å². The highest BCUT2D eigenvalue weighted by molar-refractivity contribution is 5.94. The average molecular weight is 1080 g/mol. The molecular weight excluding hydrogens is 1010 g/mol. The van der Waals surface area contributed by atoms with Crippen molar-refractivity contribution in [3.05, 3.63) is 311 Å². The van der Waals surface area contributed by atoms with Crippen molar-refractivity contribution in [2.75, 3.05) is 9.80 Å². The van der Waals surface area contributed by atoms with Crippen molar-refractivity contribution in [2.24, 2.45) is 0 Å². The number of nitrogens with zero attached hydrogens (tertiary/aromatic N) is 2. The van der Waals surface area contributed by atoms with E-state index in [1.54, 1.807) is 0 Å². The Kier molecular flexibility index (Phi) is 12.8. The molecule has 0 atom stereocenters. The predicted molar refractivity (Wildman–Crippen MR) is 357 cm³/mol. The van der Waals surface area contributed by atoms with Crippen molar-refractivity contribution < 1.29 is 0 Å². The van der Waals surface area contributed by atoms with Crippen LogP contribution in [0.1, 0.15) is 72.2 Å². The van der Waals surface area contributed by atoms with Crippen LogP contribution in [0.2, 0.25) is 0 Å². The summed E-state index contributed by atoms with van der Waals surface area (Å²) in [6.45, 7) is 18.6. The first-order valence-electron chi connectivity index (χ1n) is 29.7. The zero-order valence-electron chi connectivity index (χ0n) is 49.3. The first-order chi connectivity index (χ1) is 40.8. The largest absolute Gasteiger partial charge is 0.310 e. The number of hydrogen-bond donors (Lipinski definition) is 0. The Hall–Kier alpha value is -9.76. The topological polar surface area (TPSA) is 6.48 Å². The van der Waals surface area contributed by atoms with Crippen molar-refractivity contribution in [1.82, 2.24) is 0 Å². The molecule has 0 spiro atoms. The lowest BCUT2D eigenvalue weighted by Gasteiger charge is -2.31. The monoisotopic (exact) mass is 1080 g/mol. The van der Waals surface area contributed by atoms with Crippen molar-refractivity contribution in [3.63, 3.8) is 0 Å². The van der Waals surface area contributed by atoms with Gasteiger partial charge in [-0.05, 0) is 212 Å². The molecule has 12 aromatic rings. The zero-order valence-corrected chi connectivity index (χ0v) is 49.3. The molecule has 0 saturated heterocycles. The van der Waals surface area contributed by atoms with Crippen LogP contribution in [0.25, 0.3) is 77.9 Å². The quantitative estimate of drug-likeness (QED) is 0.127. The van der Waals surface area contributed by atoms with Crippen molar-refractivity contribution in [1.29, 1.82) is 0 Å². The fraction of sp³-hybridized carbons (Fsp3) is 0.122. The third-order valence-corrected chi connectivity index (χ3v) is 18.3. The van der Waals surface area contributed by atoms with Gasteiger partial charge in [0.2, 0.25) is 0 Å². The Morgan fingerprint density at radius 1 is 0.226 bits per heavy atom. The maximum absolute atomic E-state index is 2.46. The van der Waals surface area contributed by atoms with E-state index in [-0.39, 0.29) is 10.8 Å². The fourth-order valence-corrected chi connectivity index (χ4v) is 14.2. The molecule has 84 heavy (non-hydrogen) atoms. The number of rotatable bonds is 11. The van der Waals surface area contributed by atoms with Crippen molar-refractivity contribution in [3.8, 4) is 77.9 Å². The Morgan fingerprint density at radius 3 is 0.893 bits per heavy atom. The summed E-state index contributed by atoms with van der Waals surface area (Å²) in [5.74, 6) is 0. The van der Waals surface area contributed by atoms with Crippen LogP contribution in [0, 0.1) is 27.7 Å². The van der Waals surface area contributed by atoms with Gasteiger partial charge in [-0.1, -0.05) is 222 Å². The van der Waals surface area contributed by atoms with E-state index in [9.17, 15) is 0 Å². The number of para-hydroxylation sites is 2. The molecule has 0 fully saturated rings. The SMILES string of the molecule is Cc1cc(N(c2ccc(-c3ccc4c(c3)C(C)(C)c3ccccc3-4)cc2)c2ccccc2-c2ccccc2)cc(C)c1-c1c(C)cc(N(c2ccc(-c3ccc4c(c3)C(C)(C)c3ccccc3-4)cc2)c2ccccc2-c2ccccc2)cc1C. The molecule has 0 amide bonds. The molecule has 0 radical (unpaired) electrons. The Morgan fingerprint density at radius 2 is 0.524 bits per heavy atom. The summed E-state index contributed by atoms with van der Waals surface area (Å²) in [4.78, 5) is 4.91. The van der Waals surface area contributed by atoms with E-state index in [0.29, 0.717) is 0 Å². The highest BCUT2D eigenvalue weighted by Gasteiger charge is 2.37. The molecule has 0 bridgehead atoms. The van der Waals surface area contributed by atoms with Gasteiger partial charge >= 0.3 is 0 Å². The van der Waals surface area contributed by atoms with E-state index in [2.05, 4.69) is 332 Å². The first-order valence-corrected chi connectivity index (χ1v) is 29.7. The highest BCUT2D eigenvalue weighted by atomic mass is 15.2. The van der Waals surface area contributed by atoms with Crippen molar-refractivity contribution >= 4 is 34.1 Å². The summed E-state index contributed by atoms with van der Waals surface area (Å²) in [7, 11) is 0. The van der Waals surface area contributed by atoms with E-state index in [1.807, 2.05) is 0 Å². The van der Waals surface area contributed by atoms with Crippen LogP contribution in [0.3, 0.4) is 0 Å². The van der Waals surface area contributed by atoms with Gasteiger partial charge in [-0.25, -0.2) is 0 Å². The molecule has 0 saturated carbocycles. The van der Waals surface area contributed by atoms with Crippen LogP contribution in [0.15, 0.2) is 267 Å². The van der Waals surface area contributed by atoms with Crippen molar-refractivity contribution in [2.45, 2.75) is 66.2 Å². The number of hydrogen-bond acceptors (Lipinski definition) is 2. The molecule has 0 heterocycles. The van der Waals surface area contributed by atoms with Crippen LogP contribution >= 0.6 is 0 Å². The Bertz CT molecular complexity index is 4170.